The van der Waals surface area contributed by atoms with E-state index in [1.54, 1.807) is 0 Å². The molecule has 1 aliphatic carbocycles. The van der Waals surface area contributed by atoms with Crippen LogP contribution >= 0.6 is 0 Å². The van der Waals surface area contributed by atoms with Gasteiger partial charge in [0.15, 0.2) is 0 Å². The largest absolute Gasteiger partial charge is 0.329 e. The van der Waals surface area contributed by atoms with Gasteiger partial charge in [0.05, 0.1) is 0 Å². The Labute approximate surface area is 131 Å². The van der Waals surface area contributed by atoms with Gasteiger partial charge < -0.3 is 10.6 Å². The fourth-order valence-electron chi connectivity index (χ4n) is 4.86. The lowest BCUT2D eigenvalue weighted by atomic mass is 9.62. The van der Waals surface area contributed by atoms with Gasteiger partial charge in [-0.1, -0.05) is 13.8 Å². The number of nitrogens with zero attached hydrogens (tertiary/aromatic N) is 2. The van der Waals surface area contributed by atoms with Gasteiger partial charge in [-0.05, 0) is 82.5 Å². The van der Waals surface area contributed by atoms with E-state index in [2.05, 4.69) is 23.6 Å². The summed E-state index contributed by atoms with van der Waals surface area (Å²) in [5.74, 6) is 2.68. The van der Waals surface area contributed by atoms with Gasteiger partial charge in [-0.25, -0.2) is 0 Å². The van der Waals surface area contributed by atoms with Gasteiger partial charge in [-0.2, -0.15) is 0 Å². The van der Waals surface area contributed by atoms with Crippen LogP contribution in [0.15, 0.2) is 0 Å². The molecule has 0 unspecified atom stereocenters. The third-order valence-corrected chi connectivity index (χ3v) is 6.61. The predicted molar refractivity (Wildman–Crippen MR) is 89.3 cm³/mol. The van der Waals surface area contributed by atoms with E-state index in [9.17, 15) is 0 Å². The van der Waals surface area contributed by atoms with Gasteiger partial charge in [0, 0.05) is 18.6 Å². The van der Waals surface area contributed by atoms with E-state index in [0.717, 1.165) is 24.3 Å². The van der Waals surface area contributed by atoms with Crippen molar-refractivity contribution in [3.63, 3.8) is 0 Å². The first kappa shape index (κ1) is 15.8. The lowest BCUT2D eigenvalue weighted by Gasteiger charge is -2.57. The number of hydrogen-bond donors (Lipinski definition) is 1. The molecule has 3 rings (SSSR count). The molecule has 2 aliphatic heterocycles. The number of hydrogen-bond acceptors (Lipinski definition) is 3. The van der Waals surface area contributed by atoms with Gasteiger partial charge in [-0.15, -0.1) is 0 Å². The smallest absolute Gasteiger partial charge is 0.0337 e. The number of piperidine rings is 1. The van der Waals surface area contributed by atoms with E-state index >= 15 is 0 Å². The first-order chi connectivity index (χ1) is 10.1. The third-order valence-electron chi connectivity index (χ3n) is 6.61. The van der Waals surface area contributed by atoms with Crippen molar-refractivity contribution in [2.75, 3.05) is 39.3 Å². The molecule has 3 heteroatoms. The molecule has 21 heavy (non-hydrogen) atoms. The van der Waals surface area contributed by atoms with Crippen molar-refractivity contribution in [2.24, 2.45) is 23.5 Å². The molecule has 0 spiro atoms. The summed E-state index contributed by atoms with van der Waals surface area (Å²) < 4.78 is 0. The summed E-state index contributed by atoms with van der Waals surface area (Å²) in [6.07, 6.45) is 8.32. The molecule has 0 radical (unpaired) electrons. The Balaban J connectivity index is 1.46. The molecule has 0 aromatic heterocycles. The zero-order valence-electron chi connectivity index (χ0n) is 14.2. The van der Waals surface area contributed by atoms with Crippen molar-refractivity contribution in [1.82, 2.24) is 9.80 Å². The van der Waals surface area contributed by atoms with Crippen LogP contribution < -0.4 is 5.73 Å². The summed E-state index contributed by atoms with van der Waals surface area (Å²) in [6, 6.07) is 0. The van der Waals surface area contributed by atoms with Crippen LogP contribution in [-0.4, -0.2) is 54.6 Å². The maximum atomic E-state index is 6.18. The highest BCUT2D eigenvalue weighted by atomic mass is 15.2. The molecular weight excluding hydrogens is 258 g/mol. The second-order valence-electron chi connectivity index (χ2n) is 8.28. The minimum absolute atomic E-state index is 0.369. The number of likely N-dealkylation sites (tertiary alicyclic amines) is 2. The van der Waals surface area contributed by atoms with Gasteiger partial charge in [0.2, 0.25) is 0 Å². The molecule has 122 valence electrons. The highest BCUT2D eigenvalue weighted by Gasteiger charge is 2.48. The Morgan fingerprint density at radius 3 is 2.19 bits per heavy atom. The molecule has 0 aromatic rings. The van der Waals surface area contributed by atoms with Crippen molar-refractivity contribution in [3.05, 3.63) is 0 Å². The first-order valence-electron chi connectivity index (χ1n) is 9.30. The maximum absolute atomic E-state index is 6.18. The van der Waals surface area contributed by atoms with Crippen LogP contribution in [0.3, 0.4) is 0 Å². The average molecular weight is 293 g/mol. The average Bonchev–Trinajstić information content (AvgIpc) is 2.92. The molecule has 1 saturated carbocycles. The third kappa shape index (κ3) is 3.30. The van der Waals surface area contributed by atoms with Crippen molar-refractivity contribution in [2.45, 2.75) is 57.9 Å². The van der Waals surface area contributed by atoms with Crippen LogP contribution in [0.2, 0.25) is 0 Å². The standard InChI is InChI=1S/C18H35N3/c1-15(2)17-11-18(12-17,14-19)21-9-5-16(6-10-21)13-20-7-3-4-8-20/h15-17H,3-14,19H2,1-2H3. The molecular formula is C18H35N3. The Kier molecular flexibility index (Phi) is 4.92. The normalized spacial score (nSPS) is 36.3. The van der Waals surface area contributed by atoms with Crippen molar-refractivity contribution in [3.8, 4) is 0 Å². The molecule has 3 nitrogen and oxygen atoms in total. The minimum Gasteiger partial charge on any atom is -0.329 e. The summed E-state index contributed by atoms with van der Waals surface area (Å²) in [7, 11) is 0. The second-order valence-corrected chi connectivity index (χ2v) is 8.28. The Morgan fingerprint density at radius 1 is 1.05 bits per heavy atom. The monoisotopic (exact) mass is 293 g/mol. The Morgan fingerprint density at radius 2 is 1.67 bits per heavy atom. The zero-order valence-corrected chi connectivity index (χ0v) is 14.2. The molecule has 0 bridgehead atoms. The summed E-state index contributed by atoms with van der Waals surface area (Å²) in [5.41, 5.74) is 6.55. The van der Waals surface area contributed by atoms with Crippen LogP contribution in [0.1, 0.15) is 52.4 Å². The summed E-state index contributed by atoms with van der Waals surface area (Å²) in [6.45, 7) is 12.2. The van der Waals surface area contributed by atoms with Crippen molar-refractivity contribution < 1.29 is 0 Å². The molecule has 0 amide bonds. The number of nitrogens with two attached hydrogens (primary N) is 1. The molecule has 2 saturated heterocycles. The lowest BCUT2D eigenvalue weighted by Crippen LogP contribution is -2.64. The molecule has 2 N–H and O–H groups in total. The van der Waals surface area contributed by atoms with E-state index in [4.69, 9.17) is 5.73 Å². The Bertz CT molecular complexity index is 321. The van der Waals surface area contributed by atoms with Crippen LogP contribution in [0.4, 0.5) is 0 Å². The van der Waals surface area contributed by atoms with Gasteiger partial charge >= 0.3 is 0 Å². The Hall–Kier alpha value is -0.120. The van der Waals surface area contributed by atoms with Crippen LogP contribution in [0.5, 0.6) is 0 Å². The van der Waals surface area contributed by atoms with Gasteiger partial charge in [0.25, 0.3) is 0 Å². The van der Waals surface area contributed by atoms with Crippen molar-refractivity contribution in [1.29, 1.82) is 0 Å². The highest BCUT2D eigenvalue weighted by molar-refractivity contribution is 5.05. The minimum atomic E-state index is 0.369. The van der Waals surface area contributed by atoms with Gasteiger partial charge in [0.1, 0.15) is 0 Å². The molecule has 0 aromatic carbocycles. The van der Waals surface area contributed by atoms with E-state index < -0.39 is 0 Å². The topological polar surface area (TPSA) is 32.5 Å². The van der Waals surface area contributed by atoms with Crippen LogP contribution in [0, 0.1) is 17.8 Å². The fraction of sp³-hybridized carbons (Fsp3) is 1.00. The molecule has 3 aliphatic rings. The van der Waals surface area contributed by atoms with E-state index in [1.807, 2.05) is 0 Å². The fourth-order valence-corrected chi connectivity index (χ4v) is 4.86. The van der Waals surface area contributed by atoms with E-state index in [0.29, 0.717) is 5.54 Å². The summed E-state index contributed by atoms with van der Waals surface area (Å²) in [5, 5.41) is 0. The van der Waals surface area contributed by atoms with Crippen LogP contribution in [0.25, 0.3) is 0 Å². The molecule has 0 atom stereocenters. The highest BCUT2D eigenvalue weighted by Crippen LogP contribution is 2.46. The maximum Gasteiger partial charge on any atom is 0.0337 e. The zero-order chi connectivity index (χ0) is 14.9. The van der Waals surface area contributed by atoms with E-state index in [1.165, 1.54) is 71.2 Å². The van der Waals surface area contributed by atoms with Crippen LogP contribution in [-0.2, 0) is 0 Å². The molecule has 3 fully saturated rings. The number of rotatable bonds is 5. The predicted octanol–water partition coefficient (Wildman–Crippen LogP) is 2.56. The lowest BCUT2D eigenvalue weighted by molar-refractivity contribution is -0.0527. The van der Waals surface area contributed by atoms with Crippen molar-refractivity contribution >= 4 is 0 Å². The SMILES string of the molecule is CC(C)C1CC(CN)(N2CCC(CN3CCCC3)CC2)C1. The quantitative estimate of drug-likeness (QED) is 0.845. The van der Waals surface area contributed by atoms with Gasteiger partial charge in [-0.3, -0.25) is 4.90 Å². The summed E-state index contributed by atoms with van der Waals surface area (Å²) in [4.78, 5) is 5.45. The molecule has 2 heterocycles. The van der Waals surface area contributed by atoms with E-state index in [-0.39, 0.29) is 0 Å². The first-order valence-corrected chi connectivity index (χ1v) is 9.30. The summed E-state index contributed by atoms with van der Waals surface area (Å²) >= 11 is 0. The second kappa shape index (κ2) is 6.55.